The lowest BCUT2D eigenvalue weighted by Gasteiger charge is -2.28. The Morgan fingerprint density at radius 2 is 2.10 bits per heavy atom. The van der Waals surface area contributed by atoms with Crippen molar-refractivity contribution in [2.45, 2.75) is 45.2 Å². The number of ether oxygens (including phenoxy) is 1. The highest BCUT2D eigenvalue weighted by Gasteiger charge is 2.43. The average molecular weight is 423 g/mol. The maximum Gasteiger partial charge on any atom is 0.255 e. The second-order valence-corrected chi connectivity index (χ2v) is 9.24. The van der Waals surface area contributed by atoms with E-state index in [0.717, 1.165) is 67.3 Å². The van der Waals surface area contributed by atoms with E-state index < -0.39 is 0 Å². The number of carbonyl (C=O) groups excluding carboxylic acids is 1. The summed E-state index contributed by atoms with van der Waals surface area (Å²) in [6.45, 7) is 5.75. The van der Waals surface area contributed by atoms with Gasteiger partial charge >= 0.3 is 0 Å². The maximum atomic E-state index is 12.9. The molecule has 3 atom stereocenters. The van der Waals surface area contributed by atoms with Crippen molar-refractivity contribution in [1.29, 1.82) is 0 Å². The van der Waals surface area contributed by atoms with E-state index in [1.165, 1.54) is 0 Å². The third kappa shape index (κ3) is 3.99. The normalized spacial score (nSPS) is 25.4. The molecule has 1 N–H and O–H groups in total. The summed E-state index contributed by atoms with van der Waals surface area (Å²) in [6.07, 6.45) is 2.64. The molecule has 3 aliphatic rings. The van der Waals surface area contributed by atoms with Gasteiger partial charge in [0.25, 0.3) is 5.56 Å². The number of H-pyrrole nitrogens is 1. The Labute approximate surface area is 182 Å². The smallest absolute Gasteiger partial charge is 0.255 e. The fourth-order valence-electron chi connectivity index (χ4n) is 4.99. The van der Waals surface area contributed by atoms with E-state index in [9.17, 15) is 9.59 Å². The number of fused-ring (bicyclic) bond motifs is 1. The van der Waals surface area contributed by atoms with E-state index in [4.69, 9.17) is 9.72 Å². The number of methoxy groups -OCH3 is 1. The summed E-state index contributed by atoms with van der Waals surface area (Å²) >= 11 is 0. The van der Waals surface area contributed by atoms with E-state index in [-0.39, 0.29) is 23.3 Å². The van der Waals surface area contributed by atoms with Crippen LogP contribution in [0.4, 0.5) is 0 Å². The fraction of sp³-hybridized carbons (Fsp3) is 0.542. The lowest BCUT2D eigenvalue weighted by atomic mass is 10.0. The van der Waals surface area contributed by atoms with Gasteiger partial charge < -0.3 is 14.6 Å². The zero-order valence-electron chi connectivity index (χ0n) is 18.3. The van der Waals surface area contributed by atoms with E-state index >= 15 is 0 Å². The van der Waals surface area contributed by atoms with E-state index in [2.05, 4.69) is 22.9 Å². The summed E-state index contributed by atoms with van der Waals surface area (Å²) in [5, 5.41) is 0. The standard InChI is InChI=1S/C24H30N4O3/c1-15-11-18(15)24(30)28-10-7-17(13-28)22-25-20-8-9-27(14-19(20)23(29)26-22)12-16-5-3-4-6-21(16)31-2/h3-6,15,17-18H,7-14H2,1-2H3,(H,25,26,29)/t15-,17-,18-/m1/s1. The summed E-state index contributed by atoms with van der Waals surface area (Å²) in [5.74, 6) is 2.76. The molecule has 0 spiro atoms. The van der Waals surface area contributed by atoms with Crippen LogP contribution in [0, 0.1) is 11.8 Å². The van der Waals surface area contributed by atoms with Crippen molar-refractivity contribution in [3.8, 4) is 5.75 Å². The highest BCUT2D eigenvalue weighted by molar-refractivity contribution is 5.81. The molecule has 1 saturated heterocycles. The number of carbonyl (C=O) groups is 1. The van der Waals surface area contributed by atoms with Gasteiger partial charge in [-0.3, -0.25) is 14.5 Å². The molecule has 7 nitrogen and oxygen atoms in total. The van der Waals surface area contributed by atoms with E-state index in [1.54, 1.807) is 7.11 Å². The highest BCUT2D eigenvalue weighted by Crippen LogP contribution is 2.40. The molecule has 2 aliphatic heterocycles. The second kappa shape index (κ2) is 8.11. The van der Waals surface area contributed by atoms with Crippen LogP contribution in [-0.4, -0.2) is 52.4 Å². The molecule has 7 heteroatoms. The van der Waals surface area contributed by atoms with Crippen LogP contribution in [0.5, 0.6) is 5.75 Å². The molecule has 0 bridgehead atoms. The second-order valence-electron chi connectivity index (χ2n) is 9.24. The Balaban J connectivity index is 1.28. The number of aromatic nitrogens is 2. The molecule has 5 rings (SSSR count). The fourth-order valence-corrected chi connectivity index (χ4v) is 4.99. The van der Waals surface area contributed by atoms with Crippen molar-refractivity contribution in [3.63, 3.8) is 0 Å². The minimum absolute atomic E-state index is 0.0367. The Morgan fingerprint density at radius 1 is 1.29 bits per heavy atom. The summed E-state index contributed by atoms with van der Waals surface area (Å²) in [4.78, 5) is 37.6. The van der Waals surface area contributed by atoms with Gasteiger partial charge in [-0.1, -0.05) is 25.1 Å². The molecule has 1 aromatic carbocycles. The number of para-hydroxylation sites is 1. The average Bonchev–Trinajstić information content (AvgIpc) is 3.31. The third-order valence-corrected chi connectivity index (χ3v) is 7.07. The van der Waals surface area contributed by atoms with Crippen LogP contribution in [0.3, 0.4) is 0 Å². The topological polar surface area (TPSA) is 78.5 Å². The van der Waals surface area contributed by atoms with Crippen molar-refractivity contribution >= 4 is 5.91 Å². The van der Waals surface area contributed by atoms with Gasteiger partial charge in [0.2, 0.25) is 5.91 Å². The van der Waals surface area contributed by atoms with Gasteiger partial charge in [-0.05, 0) is 24.8 Å². The SMILES string of the molecule is COc1ccccc1CN1CCc2nc([C@@H]3CCN(C(=O)[C@@H]4C[C@H]4C)C3)[nH]c(=O)c2C1. The minimum Gasteiger partial charge on any atom is -0.496 e. The molecule has 1 saturated carbocycles. The molecular formula is C24H30N4O3. The van der Waals surface area contributed by atoms with Crippen LogP contribution in [0.25, 0.3) is 0 Å². The van der Waals surface area contributed by atoms with Crippen LogP contribution in [0.15, 0.2) is 29.1 Å². The van der Waals surface area contributed by atoms with Gasteiger partial charge in [-0.15, -0.1) is 0 Å². The monoisotopic (exact) mass is 422 g/mol. The number of nitrogens with zero attached hydrogens (tertiary/aromatic N) is 3. The number of benzene rings is 1. The van der Waals surface area contributed by atoms with Crippen molar-refractivity contribution in [1.82, 2.24) is 19.8 Å². The van der Waals surface area contributed by atoms with Gasteiger partial charge in [0.1, 0.15) is 11.6 Å². The van der Waals surface area contributed by atoms with E-state index in [1.807, 2.05) is 23.1 Å². The Bertz CT molecular complexity index is 1050. The molecule has 3 heterocycles. The minimum atomic E-state index is -0.0367. The van der Waals surface area contributed by atoms with Gasteiger partial charge in [-0.2, -0.15) is 0 Å². The first-order valence-electron chi connectivity index (χ1n) is 11.3. The quantitative estimate of drug-likeness (QED) is 0.800. The maximum absolute atomic E-state index is 12.9. The number of hydrogen-bond acceptors (Lipinski definition) is 5. The Morgan fingerprint density at radius 3 is 2.87 bits per heavy atom. The lowest BCUT2D eigenvalue weighted by molar-refractivity contribution is -0.131. The molecule has 31 heavy (non-hydrogen) atoms. The summed E-state index contributed by atoms with van der Waals surface area (Å²) in [6, 6.07) is 8.01. The van der Waals surface area contributed by atoms with Crippen molar-refractivity contribution in [2.24, 2.45) is 11.8 Å². The summed E-state index contributed by atoms with van der Waals surface area (Å²) in [5.41, 5.74) is 2.76. The van der Waals surface area contributed by atoms with Crippen molar-refractivity contribution in [2.75, 3.05) is 26.7 Å². The first-order chi connectivity index (χ1) is 15.0. The largest absolute Gasteiger partial charge is 0.496 e. The molecule has 1 aromatic heterocycles. The Kier molecular flexibility index (Phi) is 5.30. The third-order valence-electron chi connectivity index (χ3n) is 7.07. The van der Waals surface area contributed by atoms with Crippen LogP contribution in [0.2, 0.25) is 0 Å². The van der Waals surface area contributed by atoms with Gasteiger partial charge in [0, 0.05) is 56.5 Å². The van der Waals surface area contributed by atoms with Crippen LogP contribution in [-0.2, 0) is 24.3 Å². The number of rotatable bonds is 5. The number of hydrogen-bond donors (Lipinski definition) is 1. The predicted octanol–water partition coefficient (Wildman–Crippen LogP) is 2.31. The number of likely N-dealkylation sites (tertiary alicyclic amines) is 1. The van der Waals surface area contributed by atoms with Crippen LogP contribution < -0.4 is 10.3 Å². The van der Waals surface area contributed by atoms with Crippen molar-refractivity contribution < 1.29 is 9.53 Å². The number of amides is 1. The first-order valence-corrected chi connectivity index (χ1v) is 11.3. The number of nitrogens with one attached hydrogen (secondary N) is 1. The predicted molar refractivity (Wildman–Crippen MR) is 117 cm³/mol. The lowest BCUT2D eigenvalue weighted by Crippen LogP contribution is -2.36. The highest BCUT2D eigenvalue weighted by atomic mass is 16.5. The van der Waals surface area contributed by atoms with Crippen LogP contribution in [0.1, 0.15) is 48.3 Å². The van der Waals surface area contributed by atoms with E-state index in [0.29, 0.717) is 19.0 Å². The molecule has 1 aliphatic carbocycles. The summed E-state index contributed by atoms with van der Waals surface area (Å²) < 4.78 is 5.47. The molecule has 164 valence electrons. The zero-order chi connectivity index (χ0) is 21.5. The first kappa shape index (κ1) is 20.2. The summed E-state index contributed by atoms with van der Waals surface area (Å²) in [7, 11) is 1.68. The molecule has 1 amide bonds. The van der Waals surface area contributed by atoms with Gasteiger partial charge in [0.05, 0.1) is 18.4 Å². The molecule has 2 fully saturated rings. The van der Waals surface area contributed by atoms with Crippen LogP contribution >= 0.6 is 0 Å². The zero-order valence-corrected chi connectivity index (χ0v) is 18.3. The molecule has 0 unspecified atom stereocenters. The molecule has 2 aromatic rings. The number of aromatic amines is 1. The van der Waals surface area contributed by atoms with Gasteiger partial charge in [0.15, 0.2) is 0 Å². The Hall–Kier alpha value is -2.67. The molecular weight excluding hydrogens is 392 g/mol. The van der Waals surface area contributed by atoms with Gasteiger partial charge in [-0.25, -0.2) is 4.98 Å². The van der Waals surface area contributed by atoms with Crippen molar-refractivity contribution in [3.05, 3.63) is 57.3 Å². The molecule has 0 radical (unpaired) electrons.